The van der Waals surface area contributed by atoms with Crippen LogP contribution >= 0.6 is 0 Å². The number of fused-ring (bicyclic) bond motifs is 1. The second-order valence-electron chi connectivity index (χ2n) is 13.0. The standard InChI is InChI=1S/C32H40O12/c1-8-17(2)26(34)41-22-16-30(6,37)32-24(43-28(36)21-12-10-14-39-21)19(29(4,5)44-32)15-23(31(32,7)25(22)40-18(3)33)42-27(35)20-11-9-13-38-20/h9-14,17,19,22-25,37H,8,15-16H2,1-7H3/t17-,19-,22+,23+,24-,25+,30+,31-,32+/m1/s1. The summed E-state index contributed by atoms with van der Waals surface area (Å²) < 4.78 is 41.6. The number of ether oxygens (including phenoxy) is 5. The Bertz CT molecular complexity index is 1390. The van der Waals surface area contributed by atoms with Crippen LogP contribution in [0.5, 0.6) is 0 Å². The molecule has 9 atom stereocenters. The molecule has 0 aromatic carbocycles. The molecule has 1 saturated heterocycles. The van der Waals surface area contributed by atoms with Crippen LogP contribution in [0.3, 0.4) is 0 Å². The molecule has 240 valence electrons. The first-order valence-corrected chi connectivity index (χ1v) is 14.9. The zero-order valence-corrected chi connectivity index (χ0v) is 26.0. The fourth-order valence-corrected chi connectivity index (χ4v) is 7.56. The molecule has 2 aliphatic carbocycles. The van der Waals surface area contributed by atoms with Crippen molar-refractivity contribution < 1.29 is 56.8 Å². The van der Waals surface area contributed by atoms with Crippen LogP contribution in [0.4, 0.5) is 0 Å². The quantitative estimate of drug-likeness (QED) is 0.332. The Hall–Kier alpha value is -3.64. The normalized spacial score (nSPS) is 36.0. The maximum Gasteiger partial charge on any atom is 0.374 e. The van der Waals surface area contributed by atoms with Crippen LogP contribution in [0, 0.1) is 17.3 Å². The number of hydrogen-bond donors (Lipinski definition) is 1. The Morgan fingerprint density at radius 1 is 0.932 bits per heavy atom. The lowest BCUT2D eigenvalue weighted by molar-refractivity contribution is -0.343. The minimum atomic E-state index is -1.88. The molecule has 3 heterocycles. The van der Waals surface area contributed by atoms with Crippen molar-refractivity contribution in [3.05, 3.63) is 48.3 Å². The van der Waals surface area contributed by atoms with Crippen LogP contribution < -0.4 is 0 Å². The average molecular weight is 617 g/mol. The van der Waals surface area contributed by atoms with E-state index >= 15 is 0 Å². The number of carbonyl (C=O) groups is 4. The molecule has 1 spiro atoms. The smallest absolute Gasteiger partial charge is 0.374 e. The minimum Gasteiger partial charge on any atom is -0.458 e. The van der Waals surface area contributed by atoms with Crippen LogP contribution in [-0.4, -0.2) is 70.2 Å². The molecule has 44 heavy (non-hydrogen) atoms. The number of hydrogen-bond acceptors (Lipinski definition) is 12. The van der Waals surface area contributed by atoms with Gasteiger partial charge in [-0.2, -0.15) is 0 Å². The van der Waals surface area contributed by atoms with Gasteiger partial charge in [0.2, 0.25) is 11.5 Å². The van der Waals surface area contributed by atoms with Gasteiger partial charge in [-0.05, 0) is 64.8 Å². The summed E-state index contributed by atoms with van der Waals surface area (Å²) in [5.74, 6) is -4.02. The Morgan fingerprint density at radius 3 is 2.05 bits per heavy atom. The SMILES string of the molecule is CC[C@@H](C)C(=O)O[C@H]1C[C@](C)(O)[C@]23OC(C)(C)[C@H](C[C@H](OC(=O)c4ccco4)[C@]2(C)[C@H]1OC(C)=O)[C@H]3OC(=O)c1ccco1. The molecule has 2 saturated carbocycles. The van der Waals surface area contributed by atoms with Crippen LogP contribution in [-0.2, 0) is 33.3 Å². The van der Waals surface area contributed by atoms with Gasteiger partial charge < -0.3 is 37.6 Å². The Balaban J connectivity index is 1.69. The summed E-state index contributed by atoms with van der Waals surface area (Å²) in [5.41, 5.74) is -6.38. The molecule has 1 aliphatic heterocycles. The molecule has 12 heteroatoms. The van der Waals surface area contributed by atoms with E-state index in [2.05, 4.69) is 0 Å². The number of furan rings is 2. The number of esters is 4. The van der Waals surface area contributed by atoms with Gasteiger partial charge in [-0.15, -0.1) is 0 Å². The van der Waals surface area contributed by atoms with Crippen LogP contribution in [0.25, 0.3) is 0 Å². The zero-order chi connectivity index (χ0) is 32.2. The van der Waals surface area contributed by atoms with E-state index < -0.39 is 82.3 Å². The molecule has 3 aliphatic rings. The van der Waals surface area contributed by atoms with Crippen molar-refractivity contribution in [1.82, 2.24) is 0 Å². The van der Waals surface area contributed by atoms with Gasteiger partial charge in [-0.25, -0.2) is 9.59 Å². The highest BCUT2D eigenvalue weighted by Crippen LogP contribution is 2.69. The second-order valence-corrected chi connectivity index (χ2v) is 13.0. The number of carbonyl (C=O) groups excluding carboxylic acids is 4. The molecule has 0 amide bonds. The molecular formula is C32H40O12. The first-order valence-electron chi connectivity index (χ1n) is 14.9. The lowest BCUT2D eigenvalue weighted by atomic mass is 9.47. The van der Waals surface area contributed by atoms with Crippen molar-refractivity contribution in [2.24, 2.45) is 17.3 Å². The Kier molecular flexibility index (Phi) is 7.99. The topological polar surface area (TPSA) is 161 Å². The fraction of sp³-hybridized carbons (Fsp3) is 0.625. The van der Waals surface area contributed by atoms with Crippen LogP contribution in [0.2, 0.25) is 0 Å². The van der Waals surface area contributed by atoms with Gasteiger partial charge in [0.25, 0.3) is 0 Å². The summed E-state index contributed by atoms with van der Waals surface area (Å²) >= 11 is 0. The van der Waals surface area contributed by atoms with Gasteiger partial charge in [0, 0.05) is 19.3 Å². The summed E-state index contributed by atoms with van der Waals surface area (Å²) in [6, 6.07) is 5.99. The van der Waals surface area contributed by atoms with Gasteiger partial charge in [-0.3, -0.25) is 9.59 Å². The van der Waals surface area contributed by atoms with Crippen molar-refractivity contribution >= 4 is 23.9 Å². The van der Waals surface area contributed by atoms with E-state index in [0.29, 0.717) is 6.42 Å². The van der Waals surface area contributed by atoms with Crippen molar-refractivity contribution in [2.75, 3.05) is 0 Å². The van der Waals surface area contributed by atoms with E-state index in [4.69, 9.17) is 32.5 Å². The molecule has 2 aromatic heterocycles. The van der Waals surface area contributed by atoms with Gasteiger partial charge in [-0.1, -0.05) is 13.8 Å². The maximum absolute atomic E-state index is 13.4. The van der Waals surface area contributed by atoms with Gasteiger partial charge in [0.05, 0.1) is 35.1 Å². The lowest BCUT2D eigenvalue weighted by Gasteiger charge is -2.65. The largest absolute Gasteiger partial charge is 0.458 e. The second kappa shape index (κ2) is 11.1. The van der Waals surface area contributed by atoms with Gasteiger partial charge in [0.15, 0.2) is 6.10 Å². The van der Waals surface area contributed by atoms with Crippen LogP contribution in [0.1, 0.15) is 88.8 Å². The van der Waals surface area contributed by atoms with Crippen molar-refractivity contribution in [1.29, 1.82) is 0 Å². The van der Waals surface area contributed by atoms with Gasteiger partial charge >= 0.3 is 23.9 Å². The zero-order valence-electron chi connectivity index (χ0n) is 26.0. The highest BCUT2D eigenvalue weighted by Gasteiger charge is 2.84. The van der Waals surface area contributed by atoms with Gasteiger partial charge in [0.1, 0.15) is 23.9 Å². The lowest BCUT2D eigenvalue weighted by Crippen LogP contribution is -2.81. The third-order valence-electron chi connectivity index (χ3n) is 9.85. The predicted molar refractivity (Wildman–Crippen MR) is 150 cm³/mol. The average Bonchev–Trinajstić information content (AvgIpc) is 3.70. The Labute approximate surface area is 255 Å². The summed E-state index contributed by atoms with van der Waals surface area (Å²) in [7, 11) is 0. The molecule has 5 rings (SSSR count). The van der Waals surface area contributed by atoms with E-state index in [1.54, 1.807) is 33.8 Å². The summed E-state index contributed by atoms with van der Waals surface area (Å²) in [5, 5.41) is 12.5. The number of aliphatic hydroxyl groups is 1. The highest BCUT2D eigenvalue weighted by molar-refractivity contribution is 5.87. The van der Waals surface area contributed by atoms with Crippen molar-refractivity contribution in [3.63, 3.8) is 0 Å². The van der Waals surface area contributed by atoms with Crippen molar-refractivity contribution in [2.45, 2.75) is 109 Å². The van der Waals surface area contributed by atoms with E-state index in [9.17, 15) is 24.3 Å². The molecule has 3 fully saturated rings. The third-order valence-corrected chi connectivity index (χ3v) is 9.85. The summed E-state index contributed by atoms with van der Waals surface area (Å²) in [6.45, 7) is 11.5. The monoisotopic (exact) mass is 616 g/mol. The predicted octanol–water partition coefficient (Wildman–Crippen LogP) is 4.24. The maximum atomic E-state index is 13.4. The highest BCUT2D eigenvalue weighted by atomic mass is 16.6. The summed E-state index contributed by atoms with van der Waals surface area (Å²) in [4.78, 5) is 52.5. The molecule has 1 N–H and O–H groups in total. The molecule has 0 unspecified atom stereocenters. The van der Waals surface area contributed by atoms with E-state index in [0.717, 1.165) is 0 Å². The molecular weight excluding hydrogens is 576 g/mol. The molecule has 2 bridgehead atoms. The first kappa shape index (κ1) is 31.8. The summed E-state index contributed by atoms with van der Waals surface area (Å²) in [6.07, 6.45) is -1.67. The number of rotatable bonds is 8. The first-order chi connectivity index (χ1) is 20.6. The van der Waals surface area contributed by atoms with E-state index in [1.807, 2.05) is 6.92 Å². The fourth-order valence-electron chi connectivity index (χ4n) is 7.56. The van der Waals surface area contributed by atoms with Crippen molar-refractivity contribution in [3.8, 4) is 0 Å². The molecule has 2 aromatic rings. The molecule has 0 radical (unpaired) electrons. The van der Waals surface area contributed by atoms with E-state index in [1.165, 1.54) is 44.6 Å². The third kappa shape index (κ3) is 4.82. The van der Waals surface area contributed by atoms with E-state index in [-0.39, 0.29) is 24.4 Å². The molecule has 12 nitrogen and oxygen atoms in total. The minimum absolute atomic E-state index is 0.0565. The van der Waals surface area contributed by atoms with Crippen LogP contribution in [0.15, 0.2) is 45.6 Å². The Morgan fingerprint density at radius 2 is 1.52 bits per heavy atom.